The van der Waals surface area contributed by atoms with E-state index in [1.807, 2.05) is 24.3 Å². The zero-order chi connectivity index (χ0) is 25.2. The summed E-state index contributed by atoms with van der Waals surface area (Å²) in [5.74, 6) is 1.65. The summed E-state index contributed by atoms with van der Waals surface area (Å²) in [4.78, 5) is 18.6. The van der Waals surface area contributed by atoms with Crippen LogP contribution in [0.15, 0.2) is 29.3 Å². The van der Waals surface area contributed by atoms with Gasteiger partial charge in [-0.25, -0.2) is 4.98 Å². The van der Waals surface area contributed by atoms with Crippen LogP contribution in [0, 0.1) is 11.3 Å². The minimum absolute atomic E-state index is 0.0794. The number of morpholine rings is 1. The topological polar surface area (TPSA) is 87.5 Å². The third-order valence-electron chi connectivity index (χ3n) is 6.30. The highest BCUT2D eigenvalue weighted by atomic mass is 32.2. The molecule has 0 radical (unpaired) electrons. The van der Waals surface area contributed by atoms with Crippen LogP contribution in [-0.2, 0) is 33.7 Å². The molecule has 3 heterocycles. The van der Waals surface area contributed by atoms with Crippen LogP contribution in [0.25, 0.3) is 0 Å². The zero-order valence-electron chi connectivity index (χ0n) is 21.2. The summed E-state index contributed by atoms with van der Waals surface area (Å²) < 4.78 is 12.1. The number of anilines is 2. The smallest absolute Gasteiger partial charge is 0.221 e. The molecule has 35 heavy (non-hydrogen) atoms. The molecule has 2 aliphatic heterocycles. The molecule has 186 valence electrons. The number of rotatable bonds is 6. The third-order valence-corrected chi connectivity index (χ3v) is 7.28. The second-order valence-corrected chi connectivity index (χ2v) is 11.1. The first-order valence-electron chi connectivity index (χ1n) is 12.1. The van der Waals surface area contributed by atoms with Gasteiger partial charge in [-0.2, -0.15) is 5.26 Å². The van der Waals surface area contributed by atoms with Gasteiger partial charge in [0.25, 0.3) is 0 Å². The second kappa shape index (κ2) is 10.6. The van der Waals surface area contributed by atoms with Crippen molar-refractivity contribution in [2.45, 2.75) is 76.9 Å². The van der Waals surface area contributed by atoms with E-state index in [-0.39, 0.29) is 23.7 Å². The Hall–Kier alpha value is -2.60. The molecule has 0 saturated carbocycles. The molecule has 2 aliphatic rings. The zero-order valence-corrected chi connectivity index (χ0v) is 22.0. The average Bonchev–Trinajstić information content (AvgIpc) is 2.78. The first-order valence-corrected chi connectivity index (χ1v) is 13.1. The van der Waals surface area contributed by atoms with Crippen LogP contribution in [0.4, 0.5) is 11.5 Å². The lowest BCUT2D eigenvalue weighted by Gasteiger charge is -2.40. The van der Waals surface area contributed by atoms with Gasteiger partial charge in [0.2, 0.25) is 5.91 Å². The van der Waals surface area contributed by atoms with E-state index in [1.165, 1.54) is 12.5 Å². The summed E-state index contributed by atoms with van der Waals surface area (Å²) in [6.07, 6.45) is 1.76. The van der Waals surface area contributed by atoms with Gasteiger partial charge in [0.15, 0.2) is 0 Å². The molecule has 0 unspecified atom stereocenters. The molecule has 0 spiro atoms. The number of thioether (sulfide) groups is 1. The summed E-state index contributed by atoms with van der Waals surface area (Å²) in [7, 11) is 0. The van der Waals surface area contributed by atoms with Crippen molar-refractivity contribution in [1.82, 2.24) is 4.98 Å². The number of aryl methyl sites for hydroxylation is 1. The van der Waals surface area contributed by atoms with Crippen molar-refractivity contribution >= 4 is 29.2 Å². The first kappa shape index (κ1) is 25.5. The number of nitrogens with one attached hydrogen (secondary N) is 1. The van der Waals surface area contributed by atoms with Gasteiger partial charge in [0, 0.05) is 43.4 Å². The molecule has 0 bridgehead atoms. The number of carbonyl (C=O) groups is 1. The largest absolute Gasteiger partial charge is 0.372 e. The van der Waals surface area contributed by atoms with Crippen molar-refractivity contribution in [3.63, 3.8) is 0 Å². The number of ether oxygens (including phenoxy) is 2. The maximum Gasteiger partial charge on any atom is 0.221 e. The Labute approximate surface area is 212 Å². The van der Waals surface area contributed by atoms with Crippen LogP contribution in [0.2, 0.25) is 0 Å². The van der Waals surface area contributed by atoms with Crippen molar-refractivity contribution in [2.24, 2.45) is 0 Å². The maximum atomic E-state index is 11.2. The van der Waals surface area contributed by atoms with Crippen LogP contribution in [-0.4, -0.2) is 47.5 Å². The minimum Gasteiger partial charge on any atom is -0.372 e. The van der Waals surface area contributed by atoms with Gasteiger partial charge in [-0.1, -0.05) is 12.1 Å². The van der Waals surface area contributed by atoms with Gasteiger partial charge in [-0.15, -0.1) is 11.8 Å². The standard InChI is InChI=1S/C27H34N4O3S/c1-17-14-31(15-18(2)34-17)25-24-16-33-27(4,5)12-22(24)23(13-28)26(30-25)35-11-10-20-6-8-21(9-7-20)29-19(3)32/h6-9,17-18H,10-12,14-16H2,1-5H3,(H,29,32)/t17-,18+. The van der Waals surface area contributed by atoms with E-state index in [0.717, 1.165) is 52.9 Å². The van der Waals surface area contributed by atoms with E-state index in [9.17, 15) is 10.1 Å². The maximum absolute atomic E-state index is 11.2. The molecule has 1 aromatic carbocycles. The average molecular weight is 495 g/mol. The molecular formula is C27H34N4O3S. The van der Waals surface area contributed by atoms with E-state index < -0.39 is 0 Å². The highest BCUT2D eigenvalue weighted by Gasteiger charge is 2.34. The van der Waals surface area contributed by atoms with Crippen LogP contribution in [0.3, 0.4) is 0 Å². The molecule has 1 amide bonds. The Balaban J connectivity index is 1.59. The minimum atomic E-state index is -0.319. The molecule has 1 N–H and O–H groups in total. The van der Waals surface area contributed by atoms with Crippen molar-refractivity contribution in [1.29, 1.82) is 5.26 Å². The van der Waals surface area contributed by atoms with Crippen LogP contribution in [0.5, 0.6) is 0 Å². The fourth-order valence-electron chi connectivity index (χ4n) is 4.78. The molecule has 4 rings (SSSR count). The number of nitriles is 1. The molecule has 2 aromatic rings. The van der Waals surface area contributed by atoms with Crippen molar-refractivity contribution < 1.29 is 14.3 Å². The highest BCUT2D eigenvalue weighted by molar-refractivity contribution is 7.99. The number of aromatic nitrogens is 1. The summed E-state index contributed by atoms with van der Waals surface area (Å²) in [5, 5.41) is 13.7. The summed E-state index contributed by atoms with van der Waals surface area (Å²) in [5.41, 5.74) is 4.44. The van der Waals surface area contributed by atoms with Gasteiger partial charge in [0.05, 0.1) is 30.0 Å². The summed E-state index contributed by atoms with van der Waals surface area (Å²) in [6, 6.07) is 10.3. The van der Waals surface area contributed by atoms with E-state index >= 15 is 0 Å². The van der Waals surface area contributed by atoms with E-state index in [4.69, 9.17) is 14.5 Å². The summed E-state index contributed by atoms with van der Waals surface area (Å²) in [6.45, 7) is 11.8. The lowest BCUT2D eigenvalue weighted by molar-refractivity contribution is -0.114. The molecule has 1 saturated heterocycles. The quantitative estimate of drug-likeness (QED) is 0.582. The van der Waals surface area contributed by atoms with E-state index in [2.05, 4.69) is 44.0 Å². The number of benzene rings is 1. The van der Waals surface area contributed by atoms with Crippen molar-refractivity contribution in [3.05, 3.63) is 46.5 Å². The van der Waals surface area contributed by atoms with Crippen LogP contribution >= 0.6 is 11.8 Å². The van der Waals surface area contributed by atoms with Crippen molar-refractivity contribution in [2.75, 3.05) is 29.1 Å². The van der Waals surface area contributed by atoms with Crippen molar-refractivity contribution in [3.8, 4) is 6.07 Å². The third kappa shape index (κ3) is 6.16. The van der Waals surface area contributed by atoms with Gasteiger partial charge >= 0.3 is 0 Å². The molecule has 1 fully saturated rings. The molecule has 1 aromatic heterocycles. The molecule has 7 nitrogen and oxygen atoms in total. The molecule has 8 heteroatoms. The molecule has 2 atom stereocenters. The lowest BCUT2D eigenvalue weighted by Crippen LogP contribution is -2.47. The Morgan fingerprint density at radius 2 is 1.91 bits per heavy atom. The van der Waals surface area contributed by atoms with E-state index in [0.29, 0.717) is 18.6 Å². The number of nitrogens with zero attached hydrogens (tertiary/aromatic N) is 3. The number of amides is 1. The Bertz CT molecular complexity index is 1120. The van der Waals surface area contributed by atoms with Crippen LogP contribution < -0.4 is 10.2 Å². The van der Waals surface area contributed by atoms with E-state index in [1.54, 1.807) is 11.8 Å². The normalized spacial score (nSPS) is 21.2. The Morgan fingerprint density at radius 3 is 2.54 bits per heavy atom. The SMILES string of the molecule is CC(=O)Nc1ccc(CCSc2nc(N3C[C@@H](C)O[C@@H](C)C3)c3c(c2C#N)CC(C)(C)OC3)cc1. The van der Waals surface area contributed by atoms with Gasteiger partial charge < -0.3 is 19.7 Å². The number of hydrogen-bond donors (Lipinski definition) is 1. The fourth-order valence-corrected chi connectivity index (χ4v) is 5.78. The van der Waals surface area contributed by atoms with Gasteiger partial charge in [-0.05, 0) is 57.4 Å². The monoisotopic (exact) mass is 494 g/mol. The summed E-state index contributed by atoms with van der Waals surface area (Å²) >= 11 is 1.63. The second-order valence-electron chi connectivity index (χ2n) is 10.0. The number of pyridine rings is 1. The first-order chi connectivity index (χ1) is 16.6. The van der Waals surface area contributed by atoms with Gasteiger partial charge in [0.1, 0.15) is 16.9 Å². The number of fused-ring (bicyclic) bond motifs is 1. The highest BCUT2D eigenvalue weighted by Crippen LogP contribution is 2.39. The number of carbonyl (C=O) groups excluding carboxylic acids is 1. The Kier molecular flexibility index (Phi) is 7.70. The fraction of sp³-hybridized carbons (Fsp3) is 0.519. The predicted molar refractivity (Wildman–Crippen MR) is 139 cm³/mol. The molecule has 0 aliphatic carbocycles. The van der Waals surface area contributed by atoms with Crippen LogP contribution in [0.1, 0.15) is 56.9 Å². The lowest BCUT2D eigenvalue weighted by atomic mass is 9.89. The predicted octanol–water partition coefficient (Wildman–Crippen LogP) is 4.71. The number of hydrogen-bond acceptors (Lipinski definition) is 7. The Morgan fingerprint density at radius 1 is 1.23 bits per heavy atom. The van der Waals surface area contributed by atoms with Gasteiger partial charge in [-0.3, -0.25) is 4.79 Å². The molecular weight excluding hydrogens is 460 g/mol.